The average molecular weight is 274 g/mol. The SMILES string of the molecule is CC(C)Cc1ccc(C(C)NC(=O)C2(CN)CC2)cc1. The van der Waals surface area contributed by atoms with Crippen molar-refractivity contribution >= 4 is 5.91 Å². The number of nitrogens with two attached hydrogens (primary N) is 1. The zero-order valence-electron chi connectivity index (χ0n) is 12.8. The fourth-order valence-corrected chi connectivity index (χ4v) is 2.52. The lowest BCUT2D eigenvalue weighted by Gasteiger charge is -2.19. The Bertz CT molecular complexity index is 460. The molecular weight excluding hydrogens is 248 g/mol. The first-order chi connectivity index (χ1) is 9.47. The van der Waals surface area contributed by atoms with E-state index in [1.807, 2.05) is 6.92 Å². The maximum atomic E-state index is 12.2. The fourth-order valence-electron chi connectivity index (χ4n) is 2.52. The monoisotopic (exact) mass is 274 g/mol. The summed E-state index contributed by atoms with van der Waals surface area (Å²) in [5.41, 5.74) is 7.92. The molecule has 3 nitrogen and oxygen atoms in total. The molecule has 1 atom stereocenters. The van der Waals surface area contributed by atoms with E-state index in [-0.39, 0.29) is 17.4 Å². The third-order valence-corrected chi connectivity index (χ3v) is 4.20. The molecule has 1 saturated carbocycles. The minimum atomic E-state index is -0.272. The number of amides is 1. The Morgan fingerprint density at radius 2 is 1.85 bits per heavy atom. The number of rotatable bonds is 6. The Morgan fingerprint density at radius 3 is 2.30 bits per heavy atom. The summed E-state index contributed by atoms with van der Waals surface area (Å²) in [7, 11) is 0. The van der Waals surface area contributed by atoms with Crippen LogP contribution in [-0.4, -0.2) is 12.5 Å². The Balaban J connectivity index is 1.95. The molecule has 110 valence electrons. The lowest BCUT2D eigenvalue weighted by Crippen LogP contribution is -2.37. The van der Waals surface area contributed by atoms with E-state index in [0.29, 0.717) is 12.5 Å². The third kappa shape index (κ3) is 3.40. The van der Waals surface area contributed by atoms with Crippen molar-refractivity contribution in [3.8, 4) is 0 Å². The zero-order chi connectivity index (χ0) is 14.8. The maximum absolute atomic E-state index is 12.2. The molecular formula is C17H26N2O. The molecule has 1 amide bonds. The molecule has 0 bridgehead atoms. The zero-order valence-corrected chi connectivity index (χ0v) is 12.8. The van der Waals surface area contributed by atoms with Crippen LogP contribution in [-0.2, 0) is 11.2 Å². The smallest absolute Gasteiger partial charge is 0.227 e. The van der Waals surface area contributed by atoms with Crippen LogP contribution in [0.2, 0.25) is 0 Å². The molecule has 1 unspecified atom stereocenters. The predicted molar refractivity (Wildman–Crippen MR) is 82.3 cm³/mol. The number of nitrogens with one attached hydrogen (secondary N) is 1. The van der Waals surface area contributed by atoms with Gasteiger partial charge in [-0.05, 0) is 43.2 Å². The van der Waals surface area contributed by atoms with Crippen LogP contribution in [0, 0.1) is 11.3 Å². The van der Waals surface area contributed by atoms with E-state index in [4.69, 9.17) is 5.73 Å². The summed E-state index contributed by atoms with van der Waals surface area (Å²) in [6.45, 7) is 6.93. The van der Waals surface area contributed by atoms with Crippen LogP contribution in [0.15, 0.2) is 24.3 Å². The van der Waals surface area contributed by atoms with Gasteiger partial charge in [0.15, 0.2) is 0 Å². The molecule has 20 heavy (non-hydrogen) atoms. The number of carbonyl (C=O) groups is 1. The summed E-state index contributed by atoms with van der Waals surface area (Å²) in [6, 6.07) is 8.59. The van der Waals surface area contributed by atoms with Gasteiger partial charge in [-0.25, -0.2) is 0 Å². The van der Waals surface area contributed by atoms with Gasteiger partial charge in [-0.15, -0.1) is 0 Å². The van der Waals surface area contributed by atoms with E-state index in [1.165, 1.54) is 5.56 Å². The van der Waals surface area contributed by atoms with Crippen LogP contribution in [0.5, 0.6) is 0 Å². The second-order valence-corrected chi connectivity index (χ2v) is 6.52. The van der Waals surface area contributed by atoms with Gasteiger partial charge in [-0.3, -0.25) is 4.79 Å². The van der Waals surface area contributed by atoms with Crippen molar-refractivity contribution in [2.75, 3.05) is 6.54 Å². The van der Waals surface area contributed by atoms with Gasteiger partial charge < -0.3 is 11.1 Å². The third-order valence-electron chi connectivity index (χ3n) is 4.20. The first-order valence-electron chi connectivity index (χ1n) is 7.57. The Kier molecular flexibility index (Phi) is 4.48. The van der Waals surface area contributed by atoms with Gasteiger partial charge in [-0.2, -0.15) is 0 Å². The molecule has 0 aromatic heterocycles. The lowest BCUT2D eigenvalue weighted by atomic mass is 9.99. The minimum absolute atomic E-state index is 0.0413. The normalized spacial score (nSPS) is 17.9. The molecule has 1 aromatic carbocycles. The lowest BCUT2D eigenvalue weighted by molar-refractivity contribution is -0.126. The summed E-state index contributed by atoms with van der Waals surface area (Å²) in [5.74, 6) is 0.774. The molecule has 0 heterocycles. The highest BCUT2D eigenvalue weighted by Crippen LogP contribution is 2.45. The van der Waals surface area contributed by atoms with E-state index in [1.54, 1.807) is 0 Å². The molecule has 0 radical (unpaired) electrons. The van der Waals surface area contributed by atoms with Crippen LogP contribution in [0.25, 0.3) is 0 Å². The summed E-state index contributed by atoms with van der Waals surface area (Å²) >= 11 is 0. The van der Waals surface area contributed by atoms with E-state index in [2.05, 4.69) is 43.4 Å². The van der Waals surface area contributed by atoms with Crippen molar-refractivity contribution in [1.82, 2.24) is 5.32 Å². The Morgan fingerprint density at radius 1 is 1.25 bits per heavy atom. The number of carbonyl (C=O) groups excluding carboxylic acids is 1. The maximum Gasteiger partial charge on any atom is 0.227 e. The van der Waals surface area contributed by atoms with Crippen LogP contribution >= 0.6 is 0 Å². The van der Waals surface area contributed by atoms with Gasteiger partial charge in [0.05, 0.1) is 11.5 Å². The van der Waals surface area contributed by atoms with Gasteiger partial charge in [0.25, 0.3) is 0 Å². The second kappa shape index (κ2) is 5.96. The van der Waals surface area contributed by atoms with E-state index in [9.17, 15) is 4.79 Å². The van der Waals surface area contributed by atoms with Crippen molar-refractivity contribution in [2.45, 2.75) is 46.1 Å². The number of hydrogen-bond donors (Lipinski definition) is 2. The summed E-state index contributed by atoms with van der Waals surface area (Å²) in [4.78, 5) is 12.2. The Labute approximate surface area is 121 Å². The van der Waals surface area contributed by atoms with Crippen LogP contribution in [0.3, 0.4) is 0 Å². The van der Waals surface area contributed by atoms with Gasteiger partial charge >= 0.3 is 0 Å². The molecule has 2 rings (SSSR count). The van der Waals surface area contributed by atoms with E-state index < -0.39 is 0 Å². The Hall–Kier alpha value is -1.35. The molecule has 0 spiro atoms. The van der Waals surface area contributed by atoms with Gasteiger partial charge in [0, 0.05) is 6.54 Å². The quantitative estimate of drug-likeness (QED) is 0.838. The van der Waals surface area contributed by atoms with Crippen LogP contribution < -0.4 is 11.1 Å². The van der Waals surface area contributed by atoms with Crippen LogP contribution in [0.1, 0.15) is 50.8 Å². The molecule has 1 aliphatic rings. The molecule has 3 N–H and O–H groups in total. The standard InChI is InChI=1S/C17H26N2O/c1-12(2)10-14-4-6-15(7-5-14)13(3)19-16(20)17(11-18)8-9-17/h4-7,12-13H,8-11,18H2,1-3H3,(H,19,20). The molecule has 0 saturated heterocycles. The van der Waals surface area contributed by atoms with Crippen molar-refractivity contribution in [3.05, 3.63) is 35.4 Å². The topological polar surface area (TPSA) is 55.1 Å². The first-order valence-corrected chi connectivity index (χ1v) is 7.57. The number of hydrogen-bond acceptors (Lipinski definition) is 2. The molecule has 1 aliphatic carbocycles. The first kappa shape index (κ1) is 15.0. The van der Waals surface area contributed by atoms with Crippen molar-refractivity contribution in [3.63, 3.8) is 0 Å². The summed E-state index contributed by atoms with van der Waals surface area (Å²) < 4.78 is 0. The van der Waals surface area contributed by atoms with Crippen LogP contribution in [0.4, 0.5) is 0 Å². The highest BCUT2D eigenvalue weighted by molar-refractivity contribution is 5.85. The van der Waals surface area contributed by atoms with Crippen molar-refractivity contribution < 1.29 is 4.79 Å². The average Bonchev–Trinajstić information content (AvgIpc) is 3.19. The fraction of sp³-hybridized carbons (Fsp3) is 0.588. The molecule has 3 heteroatoms. The minimum Gasteiger partial charge on any atom is -0.349 e. The highest BCUT2D eigenvalue weighted by atomic mass is 16.2. The molecule has 0 aliphatic heterocycles. The summed E-state index contributed by atoms with van der Waals surface area (Å²) in [6.07, 6.45) is 2.95. The summed E-state index contributed by atoms with van der Waals surface area (Å²) in [5, 5.41) is 3.09. The van der Waals surface area contributed by atoms with Gasteiger partial charge in [-0.1, -0.05) is 38.1 Å². The van der Waals surface area contributed by atoms with Gasteiger partial charge in [0.2, 0.25) is 5.91 Å². The second-order valence-electron chi connectivity index (χ2n) is 6.52. The van der Waals surface area contributed by atoms with Gasteiger partial charge in [0.1, 0.15) is 0 Å². The van der Waals surface area contributed by atoms with Crippen molar-refractivity contribution in [1.29, 1.82) is 0 Å². The number of benzene rings is 1. The van der Waals surface area contributed by atoms with Crippen molar-refractivity contribution in [2.24, 2.45) is 17.1 Å². The van der Waals surface area contributed by atoms with E-state index >= 15 is 0 Å². The predicted octanol–water partition coefficient (Wildman–Crippen LogP) is 2.80. The molecule has 1 aromatic rings. The highest BCUT2D eigenvalue weighted by Gasteiger charge is 2.48. The molecule has 1 fully saturated rings. The van der Waals surface area contributed by atoms with E-state index in [0.717, 1.165) is 24.8 Å². The largest absolute Gasteiger partial charge is 0.349 e.